The number of likely N-dealkylation sites (N-methyl/N-ethyl adjacent to an activating group) is 1. The molecule has 1 aliphatic rings. The van der Waals surface area contributed by atoms with Crippen molar-refractivity contribution in [2.24, 2.45) is 0 Å². The van der Waals surface area contributed by atoms with Crippen LogP contribution in [0.3, 0.4) is 0 Å². The van der Waals surface area contributed by atoms with Gasteiger partial charge in [0.2, 0.25) is 0 Å². The van der Waals surface area contributed by atoms with E-state index < -0.39 is 15.7 Å². The summed E-state index contributed by atoms with van der Waals surface area (Å²) in [5.74, 6) is 1.55. The monoisotopic (exact) mass is 390 g/mol. The van der Waals surface area contributed by atoms with Gasteiger partial charge in [0, 0.05) is 24.4 Å². The van der Waals surface area contributed by atoms with Crippen LogP contribution in [0.1, 0.15) is 17.2 Å². The molecule has 2 aromatic carbocycles. The molecule has 144 valence electrons. The number of nitro benzene ring substituents is 1. The normalized spacial score (nSPS) is 17.8. The summed E-state index contributed by atoms with van der Waals surface area (Å²) in [6, 6.07) is 9.96. The molecule has 2 aromatic rings. The van der Waals surface area contributed by atoms with Crippen LogP contribution in [0.5, 0.6) is 11.5 Å². The molecule has 2 atom stereocenters. The highest BCUT2D eigenvalue weighted by Gasteiger charge is 2.30. The Morgan fingerprint density at radius 3 is 2.56 bits per heavy atom. The number of hydrogen-bond donors (Lipinski definition) is 0. The lowest BCUT2D eigenvalue weighted by molar-refractivity contribution is -0.387. The number of benzene rings is 2. The first-order chi connectivity index (χ1) is 13.0. The van der Waals surface area contributed by atoms with Gasteiger partial charge in [-0.05, 0) is 42.8 Å². The molecule has 27 heavy (non-hydrogen) atoms. The summed E-state index contributed by atoms with van der Waals surface area (Å²) in [4.78, 5) is 13.2. The van der Waals surface area contributed by atoms with Gasteiger partial charge in [0.25, 0.3) is 5.69 Å². The molecule has 0 unspecified atom stereocenters. The van der Waals surface area contributed by atoms with Crippen molar-refractivity contribution in [2.45, 2.75) is 17.4 Å². The summed E-state index contributed by atoms with van der Waals surface area (Å²) in [7, 11) is 3.64. The van der Waals surface area contributed by atoms with E-state index in [1.165, 1.54) is 6.07 Å². The smallest absolute Gasteiger partial charge is 0.285 e. The van der Waals surface area contributed by atoms with Crippen LogP contribution in [0.4, 0.5) is 5.69 Å². The third-order valence-corrected chi connectivity index (χ3v) is 6.34. The molecule has 0 fully saturated rings. The number of nitrogens with zero attached hydrogens (tertiary/aromatic N) is 2. The number of ether oxygens (including phenoxy) is 2. The van der Waals surface area contributed by atoms with Crippen molar-refractivity contribution in [3.8, 4) is 11.5 Å². The van der Waals surface area contributed by atoms with Gasteiger partial charge in [-0.2, -0.15) is 0 Å². The number of methoxy groups -OCH3 is 2. The van der Waals surface area contributed by atoms with Gasteiger partial charge in [-0.25, -0.2) is 0 Å². The topological polar surface area (TPSA) is 81.9 Å². The summed E-state index contributed by atoms with van der Waals surface area (Å²) in [6.45, 7) is 0.807. The molecule has 1 heterocycles. The average molecular weight is 390 g/mol. The number of hydrogen-bond acceptors (Lipinski definition) is 6. The summed E-state index contributed by atoms with van der Waals surface area (Å²) in [6.07, 6.45) is 0.848. The van der Waals surface area contributed by atoms with Crippen LogP contribution < -0.4 is 9.47 Å². The third kappa shape index (κ3) is 3.81. The van der Waals surface area contributed by atoms with E-state index in [9.17, 15) is 14.3 Å². The molecule has 0 saturated carbocycles. The van der Waals surface area contributed by atoms with Gasteiger partial charge >= 0.3 is 0 Å². The molecular formula is C19H22N2O5S. The first-order valence-electron chi connectivity index (χ1n) is 8.53. The summed E-state index contributed by atoms with van der Waals surface area (Å²) < 4.78 is 23.8. The molecule has 0 aromatic heterocycles. The molecule has 8 heteroatoms. The zero-order chi connectivity index (χ0) is 19.6. The van der Waals surface area contributed by atoms with Gasteiger partial charge in [0.15, 0.2) is 11.5 Å². The number of rotatable bonds is 6. The van der Waals surface area contributed by atoms with Crippen LogP contribution in [0.25, 0.3) is 0 Å². The molecule has 0 bridgehead atoms. The molecule has 0 radical (unpaired) electrons. The molecule has 3 rings (SSSR count). The highest BCUT2D eigenvalue weighted by atomic mass is 32.2. The Bertz CT molecular complexity index is 886. The SMILES string of the molecule is COc1cc2c(cc1OC)[C@H](C[S@@](=O)c1ccccc1[N+](=O)[O-])N(C)CC2. The maximum atomic E-state index is 13.0. The second kappa shape index (κ2) is 8.06. The van der Waals surface area contributed by atoms with Gasteiger partial charge in [0.1, 0.15) is 4.90 Å². The quantitative estimate of drug-likeness (QED) is 0.557. The maximum absolute atomic E-state index is 13.0. The Labute approximate surface area is 160 Å². The van der Waals surface area contributed by atoms with Gasteiger partial charge in [-0.3, -0.25) is 19.2 Å². The standard InChI is InChI=1S/C19H22N2O5S/c1-20-9-8-13-10-17(25-2)18(26-3)11-14(13)16(20)12-27(24)19-7-5-4-6-15(19)21(22)23/h4-7,10-11,16H,8-9,12H2,1-3H3/t16-,27+/m0/s1. The predicted molar refractivity (Wildman–Crippen MR) is 103 cm³/mol. The van der Waals surface area contributed by atoms with E-state index in [-0.39, 0.29) is 22.4 Å². The van der Waals surface area contributed by atoms with Gasteiger partial charge in [0.05, 0.1) is 29.9 Å². The van der Waals surface area contributed by atoms with E-state index in [4.69, 9.17) is 9.47 Å². The Morgan fingerprint density at radius 1 is 1.22 bits per heavy atom. The third-order valence-electron chi connectivity index (χ3n) is 4.89. The minimum absolute atomic E-state index is 0.109. The maximum Gasteiger partial charge on any atom is 0.285 e. The number of para-hydroxylation sites is 1. The minimum atomic E-state index is -1.51. The Morgan fingerprint density at radius 2 is 1.89 bits per heavy atom. The molecule has 0 aliphatic carbocycles. The van der Waals surface area contributed by atoms with Crippen molar-refractivity contribution < 1.29 is 18.6 Å². The fourth-order valence-electron chi connectivity index (χ4n) is 3.40. The van der Waals surface area contributed by atoms with Gasteiger partial charge in [-0.15, -0.1) is 0 Å². The molecule has 0 spiro atoms. The summed E-state index contributed by atoms with van der Waals surface area (Å²) in [5, 5.41) is 11.3. The van der Waals surface area contributed by atoms with Crippen molar-refractivity contribution in [1.29, 1.82) is 0 Å². The van der Waals surface area contributed by atoms with Crippen molar-refractivity contribution in [2.75, 3.05) is 33.6 Å². The van der Waals surface area contributed by atoms with E-state index in [1.807, 2.05) is 19.2 Å². The highest BCUT2D eigenvalue weighted by Crippen LogP contribution is 2.38. The van der Waals surface area contributed by atoms with Gasteiger partial charge in [-0.1, -0.05) is 12.1 Å². The molecule has 0 saturated heterocycles. The molecular weight excluding hydrogens is 368 g/mol. The Balaban J connectivity index is 1.96. The predicted octanol–water partition coefficient (Wildman–Crippen LogP) is 2.95. The van der Waals surface area contributed by atoms with Gasteiger partial charge < -0.3 is 9.47 Å². The largest absolute Gasteiger partial charge is 0.493 e. The number of nitro groups is 1. The highest BCUT2D eigenvalue weighted by molar-refractivity contribution is 7.85. The zero-order valence-electron chi connectivity index (χ0n) is 15.5. The summed E-state index contributed by atoms with van der Waals surface area (Å²) in [5.41, 5.74) is 2.03. The number of fused-ring (bicyclic) bond motifs is 1. The van der Waals surface area contributed by atoms with Crippen LogP contribution in [0, 0.1) is 10.1 Å². The molecule has 0 N–H and O–H groups in total. The van der Waals surface area contributed by atoms with Crippen molar-refractivity contribution in [1.82, 2.24) is 4.90 Å². The van der Waals surface area contributed by atoms with E-state index in [0.29, 0.717) is 11.5 Å². The van der Waals surface area contributed by atoms with E-state index in [1.54, 1.807) is 32.4 Å². The van der Waals surface area contributed by atoms with Crippen LogP contribution >= 0.6 is 0 Å². The Hall–Kier alpha value is -2.45. The second-order valence-corrected chi connectivity index (χ2v) is 7.85. The lowest BCUT2D eigenvalue weighted by Gasteiger charge is -2.34. The first kappa shape index (κ1) is 19.3. The minimum Gasteiger partial charge on any atom is -0.493 e. The van der Waals surface area contributed by atoms with E-state index in [0.717, 1.165) is 24.1 Å². The van der Waals surface area contributed by atoms with E-state index >= 15 is 0 Å². The fraction of sp³-hybridized carbons (Fsp3) is 0.368. The summed E-state index contributed by atoms with van der Waals surface area (Å²) >= 11 is 0. The molecule has 0 amide bonds. The van der Waals surface area contributed by atoms with Crippen LogP contribution in [0.2, 0.25) is 0 Å². The van der Waals surface area contributed by atoms with Crippen LogP contribution in [0.15, 0.2) is 41.3 Å². The second-order valence-electron chi connectivity index (χ2n) is 6.39. The lowest BCUT2D eigenvalue weighted by atomic mass is 9.93. The van der Waals surface area contributed by atoms with E-state index in [2.05, 4.69) is 4.90 Å². The van der Waals surface area contributed by atoms with Crippen molar-refractivity contribution in [3.63, 3.8) is 0 Å². The van der Waals surface area contributed by atoms with Crippen molar-refractivity contribution >= 4 is 16.5 Å². The Kier molecular flexibility index (Phi) is 5.76. The molecule has 7 nitrogen and oxygen atoms in total. The lowest BCUT2D eigenvalue weighted by Crippen LogP contribution is -2.35. The van der Waals surface area contributed by atoms with Crippen LogP contribution in [-0.2, 0) is 17.2 Å². The fourth-order valence-corrected chi connectivity index (χ4v) is 4.91. The molecule has 1 aliphatic heterocycles. The zero-order valence-corrected chi connectivity index (χ0v) is 16.3. The average Bonchev–Trinajstić information content (AvgIpc) is 2.68. The van der Waals surface area contributed by atoms with Crippen molar-refractivity contribution in [3.05, 3.63) is 57.6 Å². The van der Waals surface area contributed by atoms with Crippen LogP contribution in [-0.4, -0.2) is 47.6 Å². The first-order valence-corrected chi connectivity index (χ1v) is 9.85.